The van der Waals surface area contributed by atoms with E-state index in [-0.39, 0.29) is 22.3 Å². The van der Waals surface area contributed by atoms with Gasteiger partial charge in [0.2, 0.25) is 0 Å². The van der Waals surface area contributed by atoms with E-state index in [0.29, 0.717) is 12.5 Å². The molecular formula is C19H34N2O2. The van der Waals surface area contributed by atoms with E-state index in [9.17, 15) is 4.79 Å². The Kier molecular flexibility index (Phi) is 4.29. The van der Waals surface area contributed by atoms with Crippen LogP contribution in [0.15, 0.2) is 0 Å². The quantitative estimate of drug-likeness (QED) is 0.809. The topological polar surface area (TPSA) is 55.6 Å². The summed E-state index contributed by atoms with van der Waals surface area (Å²) in [5.74, 6) is 0.456. The Bertz CT molecular complexity index is 472. The molecule has 3 rings (SSSR count). The molecule has 2 N–H and O–H groups in total. The summed E-state index contributed by atoms with van der Waals surface area (Å²) < 4.78 is 5.36. The van der Waals surface area contributed by atoms with E-state index in [0.717, 1.165) is 19.5 Å². The van der Waals surface area contributed by atoms with E-state index >= 15 is 0 Å². The minimum atomic E-state index is -0.532. The van der Waals surface area contributed by atoms with Crippen LogP contribution in [0.5, 0.6) is 0 Å². The summed E-state index contributed by atoms with van der Waals surface area (Å²) in [7, 11) is 0. The van der Waals surface area contributed by atoms with Crippen LogP contribution in [0.3, 0.4) is 0 Å². The minimum absolute atomic E-state index is 0.0776. The van der Waals surface area contributed by atoms with Crippen molar-refractivity contribution in [3.63, 3.8) is 0 Å². The summed E-state index contributed by atoms with van der Waals surface area (Å²) in [6.07, 6.45) is 7.24. The normalized spacial score (nSPS) is 41.0. The second kappa shape index (κ2) is 5.73. The van der Waals surface area contributed by atoms with Gasteiger partial charge in [-0.25, -0.2) is 0 Å². The molecule has 1 saturated heterocycles. The number of carbonyl (C=O) groups excluding carboxylic acids is 1. The number of nitrogens with zero attached hydrogens (tertiary/aromatic N) is 1. The van der Waals surface area contributed by atoms with Crippen molar-refractivity contribution in [1.82, 2.24) is 4.90 Å². The second-order valence-corrected chi connectivity index (χ2v) is 8.70. The van der Waals surface area contributed by atoms with E-state index in [1.54, 1.807) is 0 Å². The molecule has 3 aliphatic rings. The van der Waals surface area contributed by atoms with Gasteiger partial charge >= 0.3 is 5.97 Å². The van der Waals surface area contributed by atoms with Crippen LogP contribution in [0.1, 0.15) is 66.2 Å². The highest BCUT2D eigenvalue weighted by Crippen LogP contribution is 2.72. The number of esters is 1. The average molecular weight is 322 g/mol. The number of hydrogen-bond donors (Lipinski definition) is 1. The maximum atomic E-state index is 12.6. The summed E-state index contributed by atoms with van der Waals surface area (Å²) in [6.45, 7) is 11.6. The molecule has 4 heteroatoms. The molecule has 23 heavy (non-hydrogen) atoms. The average Bonchev–Trinajstić information content (AvgIpc) is 2.87. The maximum Gasteiger partial charge on any atom is 0.324 e. The van der Waals surface area contributed by atoms with Crippen LogP contribution in [0.2, 0.25) is 0 Å². The zero-order chi connectivity index (χ0) is 16.9. The Hall–Kier alpha value is -0.610. The molecule has 132 valence electrons. The molecule has 2 bridgehead atoms. The van der Waals surface area contributed by atoms with Crippen LogP contribution in [-0.2, 0) is 9.53 Å². The first kappa shape index (κ1) is 17.2. The first-order valence-electron chi connectivity index (χ1n) is 9.48. The SMILES string of the molecule is CCOC(=O)[C@@H](N)[C@]1(N2CCCCC2)C[C@@H]2CC[C@@]1(C)C2(C)C. The van der Waals surface area contributed by atoms with Crippen LogP contribution in [-0.4, -0.2) is 42.1 Å². The zero-order valence-corrected chi connectivity index (χ0v) is 15.4. The molecule has 0 aromatic rings. The van der Waals surface area contributed by atoms with Gasteiger partial charge in [0.1, 0.15) is 6.04 Å². The molecule has 0 unspecified atom stereocenters. The van der Waals surface area contributed by atoms with Crippen LogP contribution in [0, 0.1) is 16.7 Å². The van der Waals surface area contributed by atoms with Crippen molar-refractivity contribution < 1.29 is 9.53 Å². The van der Waals surface area contributed by atoms with Crippen molar-refractivity contribution >= 4 is 5.97 Å². The predicted octanol–water partition coefficient (Wildman–Crippen LogP) is 2.95. The fourth-order valence-corrected chi connectivity index (χ4v) is 6.19. The van der Waals surface area contributed by atoms with Gasteiger partial charge in [-0.2, -0.15) is 0 Å². The summed E-state index contributed by atoms with van der Waals surface area (Å²) in [5.41, 5.74) is 6.73. The van der Waals surface area contributed by atoms with Crippen molar-refractivity contribution in [2.75, 3.05) is 19.7 Å². The number of rotatable bonds is 4. The van der Waals surface area contributed by atoms with Crippen LogP contribution in [0.4, 0.5) is 0 Å². The van der Waals surface area contributed by atoms with Crippen molar-refractivity contribution in [2.45, 2.75) is 77.8 Å². The summed E-state index contributed by atoms with van der Waals surface area (Å²) in [4.78, 5) is 15.2. The van der Waals surface area contributed by atoms with Gasteiger partial charge in [-0.1, -0.05) is 27.2 Å². The molecule has 0 radical (unpaired) electrons. The lowest BCUT2D eigenvalue weighted by molar-refractivity contribution is -0.156. The largest absolute Gasteiger partial charge is 0.465 e. The molecule has 4 atom stereocenters. The fraction of sp³-hybridized carbons (Fsp3) is 0.947. The van der Waals surface area contributed by atoms with E-state index < -0.39 is 6.04 Å². The van der Waals surface area contributed by atoms with Gasteiger partial charge in [-0.15, -0.1) is 0 Å². The lowest BCUT2D eigenvalue weighted by Gasteiger charge is -2.57. The minimum Gasteiger partial charge on any atom is -0.465 e. The molecule has 2 aliphatic carbocycles. The van der Waals surface area contributed by atoms with E-state index in [4.69, 9.17) is 10.5 Å². The highest BCUT2D eigenvalue weighted by atomic mass is 16.5. The number of hydrogen-bond acceptors (Lipinski definition) is 4. The summed E-state index contributed by atoms with van der Waals surface area (Å²) >= 11 is 0. The van der Waals surface area contributed by atoms with E-state index in [2.05, 4.69) is 25.7 Å². The number of fused-ring (bicyclic) bond motifs is 2. The first-order valence-corrected chi connectivity index (χ1v) is 9.48. The Labute approximate surface area is 141 Å². The Morgan fingerprint density at radius 1 is 1.26 bits per heavy atom. The molecule has 1 heterocycles. The van der Waals surface area contributed by atoms with Gasteiger partial charge in [0, 0.05) is 0 Å². The third kappa shape index (κ3) is 2.13. The van der Waals surface area contributed by atoms with Crippen molar-refractivity contribution in [3.05, 3.63) is 0 Å². The molecule has 2 saturated carbocycles. The van der Waals surface area contributed by atoms with Gasteiger partial charge in [0.05, 0.1) is 12.1 Å². The number of likely N-dealkylation sites (tertiary alicyclic amines) is 1. The predicted molar refractivity (Wildman–Crippen MR) is 92.0 cm³/mol. The summed E-state index contributed by atoms with van der Waals surface area (Å²) in [6, 6.07) is -0.532. The standard InChI is InChI=1S/C19H34N2O2/c1-5-23-16(22)15(20)19(21-11-7-6-8-12-21)13-14-9-10-18(19,4)17(14,2)3/h14-15H,5-13,20H2,1-4H3/t14-,15+,18-,19+/m0/s1. The highest BCUT2D eigenvalue weighted by molar-refractivity contribution is 5.78. The molecule has 3 fully saturated rings. The zero-order valence-electron chi connectivity index (χ0n) is 15.4. The van der Waals surface area contributed by atoms with Gasteiger partial charge < -0.3 is 10.5 Å². The molecule has 0 aromatic heterocycles. The second-order valence-electron chi connectivity index (χ2n) is 8.70. The van der Waals surface area contributed by atoms with Crippen LogP contribution < -0.4 is 5.73 Å². The molecule has 0 aromatic carbocycles. The summed E-state index contributed by atoms with van der Waals surface area (Å²) in [5, 5.41) is 0. The molecule has 4 nitrogen and oxygen atoms in total. The van der Waals surface area contributed by atoms with E-state index in [1.165, 1.54) is 32.1 Å². The Morgan fingerprint density at radius 2 is 1.91 bits per heavy atom. The third-order valence-corrected chi connectivity index (χ3v) is 7.92. The number of ether oxygens (including phenoxy) is 1. The van der Waals surface area contributed by atoms with Crippen molar-refractivity contribution in [3.8, 4) is 0 Å². The smallest absolute Gasteiger partial charge is 0.324 e. The van der Waals surface area contributed by atoms with Crippen LogP contribution in [0.25, 0.3) is 0 Å². The maximum absolute atomic E-state index is 12.6. The van der Waals surface area contributed by atoms with Crippen LogP contribution >= 0.6 is 0 Å². The monoisotopic (exact) mass is 322 g/mol. The van der Waals surface area contributed by atoms with Gasteiger partial charge in [-0.05, 0) is 68.9 Å². The lowest BCUT2D eigenvalue weighted by Crippen LogP contribution is -2.70. The number of piperidine rings is 1. The molecule has 0 amide bonds. The Morgan fingerprint density at radius 3 is 2.39 bits per heavy atom. The molecular weight excluding hydrogens is 288 g/mol. The number of carbonyl (C=O) groups is 1. The third-order valence-electron chi connectivity index (χ3n) is 7.92. The molecule has 0 spiro atoms. The van der Waals surface area contributed by atoms with Crippen molar-refractivity contribution in [1.29, 1.82) is 0 Å². The first-order chi connectivity index (χ1) is 10.8. The van der Waals surface area contributed by atoms with Gasteiger partial charge in [0.15, 0.2) is 0 Å². The van der Waals surface area contributed by atoms with E-state index in [1.807, 2.05) is 6.92 Å². The Balaban J connectivity index is 2.03. The molecule has 1 aliphatic heterocycles. The fourth-order valence-electron chi connectivity index (χ4n) is 6.19. The van der Waals surface area contributed by atoms with Gasteiger partial charge in [-0.3, -0.25) is 9.69 Å². The highest BCUT2D eigenvalue weighted by Gasteiger charge is 2.73. The number of nitrogens with two attached hydrogens (primary N) is 1. The lowest BCUT2D eigenvalue weighted by atomic mass is 9.59. The van der Waals surface area contributed by atoms with Crippen molar-refractivity contribution in [2.24, 2.45) is 22.5 Å². The van der Waals surface area contributed by atoms with Gasteiger partial charge in [0.25, 0.3) is 0 Å².